The van der Waals surface area contributed by atoms with E-state index in [1.165, 1.54) is 5.56 Å². The van der Waals surface area contributed by atoms with Gasteiger partial charge in [-0.1, -0.05) is 19.1 Å². The summed E-state index contributed by atoms with van der Waals surface area (Å²) < 4.78 is 16.6. The minimum atomic E-state index is -0.976. The van der Waals surface area contributed by atoms with E-state index >= 15 is 0 Å². The summed E-state index contributed by atoms with van der Waals surface area (Å²) >= 11 is 0. The van der Waals surface area contributed by atoms with Crippen molar-refractivity contribution in [2.75, 3.05) is 39.6 Å². The van der Waals surface area contributed by atoms with E-state index < -0.39 is 31.5 Å². The third-order valence-corrected chi connectivity index (χ3v) is 4.41. The van der Waals surface area contributed by atoms with Crippen molar-refractivity contribution in [3.8, 4) is 5.75 Å². The number of aliphatic hydroxyl groups excluding tert-OH is 4. The molecule has 0 heterocycles. The van der Waals surface area contributed by atoms with Crippen molar-refractivity contribution in [1.82, 2.24) is 0 Å². The molecule has 0 aromatic heterocycles. The van der Waals surface area contributed by atoms with Crippen molar-refractivity contribution < 1.29 is 34.6 Å². The van der Waals surface area contributed by atoms with Gasteiger partial charge >= 0.3 is 0 Å². The summed E-state index contributed by atoms with van der Waals surface area (Å²) in [4.78, 5) is 0. The smallest absolute Gasteiger partial charge is 0.145 e. The lowest BCUT2D eigenvalue weighted by Crippen LogP contribution is -2.32. The SMILES string of the molecule is CCc1ccc(/N=N/c2ccc(OC(COCC(O)CO)COCC(O)CO)cc2)cc1. The Kier molecular flexibility index (Phi) is 11.8. The summed E-state index contributed by atoms with van der Waals surface area (Å²) in [5.74, 6) is 0.555. The highest BCUT2D eigenvalue weighted by molar-refractivity contribution is 5.43. The van der Waals surface area contributed by atoms with Crippen LogP contribution in [0.25, 0.3) is 0 Å². The largest absolute Gasteiger partial charge is 0.486 e. The van der Waals surface area contributed by atoms with Crippen molar-refractivity contribution in [3.05, 3.63) is 54.1 Å². The molecule has 0 saturated carbocycles. The number of azo groups is 1. The number of nitrogens with zero attached hydrogens (tertiary/aromatic N) is 2. The van der Waals surface area contributed by atoms with Crippen LogP contribution in [0, 0.1) is 0 Å². The number of hydrogen-bond acceptors (Lipinski definition) is 9. The lowest BCUT2D eigenvalue weighted by atomic mass is 10.2. The molecule has 9 nitrogen and oxygen atoms in total. The zero-order chi connectivity index (χ0) is 23.2. The third-order valence-electron chi connectivity index (χ3n) is 4.41. The summed E-state index contributed by atoms with van der Waals surface area (Å²) in [6.07, 6.45) is -1.51. The molecule has 0 bridgehead atoms. The van der Waals surface area contributed by atoms with Gasteiger partial charge in [0, 0.05) is 0 Å². The van der Waals surface area contributed by atoms with Gasteiger partial charge in [-0.3, -0.25) is 0 Å². The van der Waals surface area contributed by atoms with Gasteiger partial charge < -0.3 is 34.6 Å². The fourth-order valence-electron chi connectivity index (χ4n) is 2.59. The Labute approximate surface area is 187 Å². The first-order valence-corrected chi connectivity index (χ1v) is 10.5. The van der Waals surface area contributed by atoms with E-state index in [1.54, 1.807) is 24.3 Å². The van der Waals surface area contributed by atoms with Crippen molar-refractivity contribution in [2.45, 2.75) is 31.7 Å². The van der Waals surface area contributed by atoms with Gasteiger partial charge in [0.1, 0.15) is 24.1 Å². The van der Waals surface area contributed by atoms with Crippen LogP contribution >= 0.6 is 0 Å². The summed E-state index contributed by atoms with van der Waals surface area (Å²) in [5.41, 5.74) is 2.68. The van der Waals surface area contributed by atoms with E-state index in [-0.39, 0.29) is 26.4 Å². The van der Waals surface area contributed by atoms with Crippen molar-refractivity contribution in [2.24, 2.45) is 10.2 Å². The van der Waals surface area contributed by atoms with E-state index in [0.717, 1.165) is 12.1 Å². The minimum Gasteiger partial charge on any atom is -0.486 e. The van der Waals surface area contributed by atoms with E-state index in [2.05, 4.69) is 17.2 Å². The lowest BCUT2D eigenvalue weighted by molar-refractivity contribution is -0.0553. The second-order valence-electron chi connectivity index (χ2n) is 7.20. The van der Waals surface area contributed by atoms with Crippen LogP contribution < -0.4 is 4.74 Å². The Balaban J connectivity index is 1.92. The average Bonchev–Trinajstić information content (AvgIpc) is 2.83. The van der Waals surface area contributed by atoms with Gasteiger partial charge in [-0.2, -0.15) is 10.2 Å². The Bertz CT molecular complexity index is 768. The van der Waals surface area contributed by atoms with Gasteiger partial charge in [0.2, 0.25) is 0 Å². The number of rotatable bonds is 15. The fourth-order valence-corrected chi connectivity index (χ4v) is 2.59. The first-order valence-electron chi connectivity index (χ1n) is 10.5. The second-order valence-corrected chi connectivity index (χ2v) is 7.20. The standard InChI is InChI=1S/C23H32N2O7/c1-2-17-3-5-18(6-4-17)24-25-19-7-9-22(10-8-19)32-23(15-30-13-20(28)11-26)16-31-14-21(29)12-27/h3-10,20-21,23,26-29H,2,11-16H2,1H3/b25-24+. The minimum absolute atomic E-state index is 0.0474. The highest BCUT2D eigenvalue weighted by atomic mass is 16.6. The predicted molar refractivity (Wildman–Crippen MR) is 119 cm³/mol. The van der Waals surface area contributed by atoms with Crippen LogP contribution in [0.15, 0.2) is 58.8 Å². The highest BCUT2D eigenvalue weighted by Gasteiger charge is 2.14. The molecule has 0 spiro atoms. The molecule has 0 saturated heterocycles. The topological polar surface area (TPSA) is 133 Å². The van der Waals surface area contributed by atoms with Crippen LogP contribution in [0.3, 0.4) is 0 Å². The predicted octanol–water partition coefficient (Wildman–Crippen LogP) is 2.15. The van der Waals surface area contributed by atoms with E-state index in [0.29, 0.717) is 11.4 Å². The Hall–Kier alpha value is -2.40. The molecule has 32 heavy (non-hydrogen) atoms. The first kappa shape index (κ1) is 25.9. The molecule has 2 atom stereocenters. The molecule has 0 amide bonds. The zero-order valence-corrected chi connectivity index (χ0v) is 18.2. The van der Waals surface area contributed by atoms with Crippen molar-refractivity contribution >= 4 is 11.4 Å². The zero-order valence-electron chi connectivity index (χ0n) is 18.2. The average molecular weight is 449 g/mol. The molecule has 2 aromatic carbocycles. The lowest BCUT2D eigenvalue weighted by Gasteiger charge is -2.20. The molecular weight excluding hydrogens is 416 g/mol. The van der Waals surface area contributed by atoms with Gasteiger partial charge in [0.25, 0.3) is 0 Å². The Morgan fingerprint density at radius 1 is 0.719 bits per heavy atom. The Morgan fingerprint density at radius 3 is 1.62 bits per heavy atom. The van der Waals surface area contributed by atoms with Crippen LogP contribution in [0.4, 0.5) is 11.4 Å². The molecule has 0 aliphatic rings. The van der Waals surface area contributed by atoms with Crippen LogP contribution in [0.1, 0.15) is 12.5 Å². The molecular formula is C23H32N2O7. The second kappa shape index (κ2) is 14.6. The Morgan fingerprint density at radius 2 is 1.19 bits per heavy atom. The number of hydrogen-bond donors (Lipinski definition) is 4. The monoisotopic (exact) mass is 448 g/mol. The molecule has 2 unspecified atom stereocenters. The fraction of sp³-hybridized carbons (Fsp3) is 0.478. The normalized spacial score (nSPS) is 14.4. The van der Waals surface area contributed by atoms with E-state index in [1.807, 2.05) is 24.3 Å². The maximum atomic E-state index is 9.40. The molecule has 0 aliphatic carbocycles. The molecule has 2 rings (SSSR count). The summed E-state index contributed by atoms with van der Waals surface area (Å²) in [6, 6.07) is 14.9. The van der Waals surface area contributed by atoms with Gasteiger partial charge in [0.15, 0.2) is 0 Å². The molecule has 4 N–H and O–H groups in total. The van der Waals surface area contributed by atoms with Gasteiger partial charge in [-0.25, -0.2) is 0 Å². The first-order chi connectivity index (χ1) is 15.5. The molecule has 0 fully saturated rings. The van der Waals surface area contributed by atoms with Crippen LogP contribution in [0.2, 0.25) is 0 Å². The molecule has 9 heteroatoms. The van der Waals surface area contributed by atoms with E-state index in [4.69, 9.17) is 24.4 Å². The number of benzene rings is 2. The summed E-state index contributed by atoms with van der Waals surface area (Å²) in [5, 5.41) is 45.0. The quantitative estimate of drug-likeness (QED) is 0.307. The van der Waals surface area contributed by atoms with E-state index in [9.17, 15) is 10.2 Å². The molecule has 2 aromatic rings. The van der Waals surface area contributed by atoms with Crippen molar-refractivity contribution in [1.29, 1.82) is 0 Å². The van der Waals surface area contributed by atoms with Crippen molar-refractivity contribution in [3.63, 3.8) is 0 Å². The number of aliphatic hydroxyl groups is 4. The third kappa shape index (κ3) is 9.82. The van der Waals surface area contributed by atoms with Gasteiger partial charge in [0.05, 0.1) is 51.0 Å². The number of ether oxygens (including phenoxy) is 3. The molecule has 176 valence electrons. The summed E-state index contributed by atoms with van der Waals surface area (Å²) in [6.45, 7) is 1.40. The molecule has 0 radical (unpaired) electrons. The molecule has 0 aliphatic heterocycles. The number of aryl methyl sites for hydroxylation is 1. The highest BCUT2D eigenvalue weighted by Crippen LogP contribution is 2.22. The maximum Gasteiger partial charge on any atom is 0.145 e. The van der Waals surface area contributed by atoms with Gasteiger partial charge in [-0.05, 0) is 48.4 Å². The van der Waals surface area contributed by atoms with Crippen LogP contribution in [0.5, 0.6) is 5.75 Å². The van der Waals surface area contributed by atoms with Gasteiger partial charge in [-0.15, -0.1) is 0 Å². The van der Waals surface area contributed by atoms with Crippen LogP contribution in [-0.4, -0.2) is 78.4 Å². The maximum absolute atomic E-state index is 9.40. The summed E-state index contributed by atoms with van der Waals surface area (Å²) in [7, 11) is 0. The van der Waals surface area contributed by atoms with Crippen LogP contribution in [-0.2, 0) is 15.9 Å².